The summed E-state index contributed by atoms with van der Waals surface area (Å²) in [4.78, 5) is 4.93. The fourth-order valence-electron chi connectivity index (χ4n) is 3.29. The highest BCUT2D eigenvalue weighted by molar-refractivity contribution is 7.80. The molecule has 1 N–H and O–H groups in total. The summed E-state index contributed by atoms with van der Waals surface area (Å²) >= 11 is 7.24. The molecule has 0 amide bonds. The summed E-state index contributed by atoms with van der Waals surface area (Å²) in [5, 5.41) is 19.0. The van der Waals surface area contributed by atoms with Crippen LogP contribution < -0.4 is 14.8 Å². The number of thiophene rings is 1. The minimum absolute atomic E-state index is 0.224. The molecule has 1 saturated heterocycles. The molecule has 1 fully saturated rings. The molecule has 0 radical (unpaired) electrons. The van der Waals surface area contributed by atoms with Gasteiger partial charge >= 0.3 is 0 Å². The highest BCUT2D eigenvalue weighted by atomic mass is 32.1. The van der Waals surface area contributed by atoms with E-state index in [1.165, 1.54) is 0 Å². The van der Waals surface area contributed by atoms with Crippen molar-refractivity contribution in [2.75, 3.05) is 32.6 Å². The Balaban J connectivity index is 1.37. The lowest BCUT2D eigenvalue weighted by Crippen LogP contribution is -2.41. The number of nitrogens with one attached hydrogen (secondary N) is 1. The number of anilines is 1. The lowest BCUT2D eigenvalue weighted by Gasteiger charge is -2.33. The van der Waals surface area contributed by atoms with E-state index < -0.39 is 0 Å². The molecule has 1 aliphatic rings. The summed E-state index contributed by atoms with van der Waals surface area (Å²) in [6.07, 6.45) is 1.80. The van der Waals surface area contributed by atoms with Gasteiger partial charge in [0.25, 0.3) is 0 Å². The van der Waals surface area contributed by atoms with Gasteiger partial charge in [0.15, 0.2) is 5.11 Å². The van der Waals surface area contributed by atoms with Gasteiger partial charge in [0.05, 0.1) is 30.8 Å². The predicted molar refractivity (Wildman–Crippen MR) is 117 cm³/mol. The van der Waals surface area contributed by atoms with Crippen LogP contribution in [0.2, 0.25) is 0 Å². The molecule has 3 aromatic rings. The van der Waals surface area contributed by atoms with Crippen LogP contribution in [-0.2, 0) is 0 Å². The van der Waals surface area contributed by atoms with Gasteiger partial charge in [0, 0.05) is 19.2 Å². The van der Waals surface area contributed by atoms with Gasteiger partial charge in [-0.1, -0.05) is 6.07 Å². The van der Waals surface area contributed by atoms with E-state index in [9.17, 15) is 0 Å². The number of methoxy groups -OCH3 is 2. The molecule has 4 rings (SSSR count). The molecule has 1 aliphatic heterocycles. The Kier molecular flexibility index (Phi) is 5.91. The topological polar surface area (TPSA) is 77.3 Å². The fraction of sp³-hybridized carbons (Fsp3) is 0.368. The molecule has 0 unspecified atom stereocenters. The quantitative estimate of drug-likeness (QED) is 0.617. The van der Waals surface area contributed by atoms with E-state index in [0.29, 0.717) is 10.9 Å². The van der Waals surface area contributed by atoms with Gasteiger partial charge in [-0.05, 0) is 53.9 Å². The molecular weight excluding hydrogens is 408 g/mol. The Morgan fingerprint density at radius 1 is 1.21 bits per heavy atom. The minimum Gasteiger partial charge on any atom is -0.497 e. The zero-order valence-electron chi connectivity index (χ0n) is 16.2. The SMILES string of the molecule is COc1ccc(OC)c(NC(=S)N2CCC(n3nnc(-c4cccs4)n3)CC2)c1. The van der Waals surface area contributed by atoms with Crippen LogP contribution in [0.15, 0.2) is 35.7 Å². The van der Waals surface area contributed by atoms with Crippen LogP contribution in [0.3, 0.4) is 0 Å². The monoisotopic (exact) mass is 430 g/mol. The van der Waals surface area contributed by atoms with Crippen molar-refractivity contribution in [2.24, 2.45) is 0 Å². The van der Waals surface area contributed by atoms with E-state index in [0.717, 1.165) is 48.0 Å². The largest absolute Gasteiger partial charge is 0.497 e. The molecule has 29 heavy (non-hydrogen) atoms. The first-order chi connectivity index (χ1) is 14.2. The van der Waals surface area contributed by atoms with Crippen LogP contribution in [0.1, 0.15) is 18.9 Å². The van der Waals surface area contributed by atoms with Crippen molar-refractivity contribution in [2.45, 2.75) is 18.9 Å². The van der Waals surface area contributed by atoms with Gasteiger partial charge in [-0.3, -0.25) is 0 Å². The average Bonchev–Trinajstić information content (AvgIpc) is 3.45. The van der Waals surface area contributed by atoms with Crippen LogP contribution in [0.5, 0.6) is 11.5 Å². The van der Waals surface area contributed by atoms with Gasteiger partial charge in [-0.25, -0.2) is 0 Å². The van der Waals surface area contributed by atoms with Crippen LogP contribution in [0, 0.1) is 0 Å². The number of thiocarbonyl (C=S) groups is 1. The van der Waals surface area contributed by atoms with Crippen LogP contribution >= 0.6 is 23.6 Å². The number of benzene rings is 1. The maximum absolute atomic E-state index is 5.63. The number of nitrogens with zero attached hydrogens (tertiary/aromatic N) is 5. The van der Waals surface area contributed by atoms with Gasteiger partial charge in [0.1, 0.15) is 11.5 Å². The Morgan fingerprint density at radius 3 is 2.72 bits per heavy atom. The van der Waals surface area contributed by atoms with Crippen molar-refractivity contribution in [1.82, 2.24) is 25.1 Å². The van der Waals surface area contributed by atoms with Crippen molar-refractivity contribution in [1.29, 1.82) is 0 Å². The molecule has 152 valence electrons. The van der Waals surface area contributed by atoms with E-state index in [4.69, 9.17) is 21.7 Å². The second kappa shape index (κ2) is 8.75. The minimum atomic E-state index is 0.224. The van der Waals surface area contributed by atoms with E-state index in [1.807, 2.05) is 35.7 Å². The third kappa shape index (κ3) is 4.33. The summed E-state index contributed by atoms with van der Waals surface area (Å²) in [5.41, 5.74) is 0.789. The van der Waals surface area contributed by atoms with Crippen molar-refractivity contribution in [3.63, 3.8) is 0 Å². The number of piperidine rings is 1. The number of ether oxygens (including phenoxy) is 2. The van der Waals surface area contributed by atoms with Crippen LogP contribution in [0.4, 0.5) is 5.69 Å². The maximum Gasteiger partial charge on any atom is 0.214 e. The highest BCUT2D eigenvalue weighted by Crippen LogP contribution is 2.30. The number of hydrogen-bond donors (Lipinski definition) is 1. The molecule has 0 atom stereocenters. The Hall–Kier alpha value is -2.72. The second-order valence-electron chi connectivity index (χ2n) is 6.63. The van der Waals surface area contributed by atoms with Crippen molar-refractivity contribution in [3.8, 4) is 22.2 Å². The number of hydrogen-bond acceptors (Lipinski definition) is 7. The first kappa shape index (κ1) is 19.6. The van der Waals surface area contributed by atoms with Gasteiger partial charge < -0.3 is 19.7 Å². The smallest absolute Gasteiger partial charge is 0.214 e. The summed E-state index contributed by atoms with van der Waals surface area (Å²) in [7, 11) is 3.27. The van der Waals surface area contributed by atoms with E-state index in [2.05, 4.69) is 25.6 Å². The lowest BCUT2D eigenvalue weighted by molar-refractivity contribution is 0.238. The Labute approximate surface area is 178 Å². The van der Waals surface area contributed by atoms with Crippen molar-refractivity contribution < 1.29 is 9.47 Å². The average molecular weight is 431 g/mol. The van der Waals surface area contributed by atoms with Crippen LogP contribution in [-0.4, -0.2) is 57.5 Å². The number of rotatable bonds is 5. The lowest BCUT2D eigenvalue weighted by atomic mass is 10.1. The summed E-state index contributed by atoms with van der Waals surface area (Å²) in [6, 6.07) is 9.81. The molecule has 8 nitrogen and oxygen atoms in total. The molecule has 2 aromatic heterocycles. The predicted octanol–water partition coefficient (Wildman–Crippen LogP) is 3.45. The highest BCUT2D eigenvalue weighted by Gasteiger charge is 2.25. The van der Waals surface area contributed by atoms with E-state index in [-0.39, 0.29) is 6.04 Å². The zero-order valence-corrected chi connectivity index (χ0v) is 17.9. The van der Waals surface area contributed by atoms with E-state index in [1.54, 1.807) is 30.4 Å². The number of tetrazole rings is 1. The molecular formula is C19H22N6O2S2. The number of likely N-dealkylation sites (tertiary alicyclic amines) is 1. The summed E-state index contributed by atoms with van der Waals surface area (Å²) in [6.45, 7) is 1.64. The molecule has 1 aromatic carbocycles. The Morgan fingerprint density at radius 2 is 2.03 bits per heavy atom. The first-order valence-corrected chi connectivity index (χ1v) is 10.6. The van der Waals surface area contributed by atoms with Crippen LogP contribution in [0.25, 0.3) is 10.7 Å². The number of aromatic nitrogens is 4. The van der Waals surface area contributed by atoms with E-state index >= 15 is 0 Å². The van der Waals surface area contributed by atoms with Crippen molar-refractivity contribution in [3.05, 3.63) is 35.7 Å². The second-order valence-corrected chi connectivity index (χ2v) is 7.96. The summed E-state index contributed by atoms with van der Waals surface area (Å²) in [5.74, 6) is 2.15. The molecule has 3 heterocycles. The molecule has 10 heteroatoms. The summed E-state index contributed by atoms with van der Waals surface area (Å²) < 4.78 is 10.7. The van der Waals surface area contributed by atoms with Gasteiger partial charge in [-0.2, -0.15) is 4.80 Å². The maximum atomic E-state index is 5.63. The van der Waals surface area contributed by atoms with Gasteiger partial charge in [-0.15, -0.1) is 21.5 Å². The third-order valence-corrected chi connectivity index (χ3v) is 6.12. The standard InChI is InChI=1S/C19H22N6O2S2/c1-26-14-5-6-16(27-2)15(12-14)20-19(28)24-9-7-13(8-10-24)25-22-18(21-23-25)17-4-3-11-29-17/h3-6,11-13H,7-10H2,1-2H3,(H,20,28). The molecule has 0 aliphatic carbocycles. The normalized spacial score (nSPS) is 14.6. The fourth-order valence-corrected chi connectivity index (χ4v) is 4.23. The Bertz CT molecular complexity index is 967. The molecule has 0 saturated carbocycles. The first-order valence-electron chi connectivity index (χ1n) is 9.29. The van der Waals surface area contributed by atoms with Gasteiger partial charge in [0.2, 0.25) is 5.82 Å². The zero-order chi connectivity index (χ0) is 20.2. The molecule has 0 bridgehead atoms. The molecule has 0 spiro atoms. The van der Waals surface area contributed by atoms with Crippen molar-refractivity contribution >= 4 is 34.4 Å². The third-order valence-electron chi connectivity index (χ3n) is 4.90.